The van der Waals surface area contributed by atoms with Crippen molar-refractivity contribution in [3.05, 3.63) is 39.7 Å². The number of aliphatic hydroxyl groups is 1. The number of aliphatic hydroxyl groups excluding tert-OH is 1. The molecule has 32 heavy (non-hydrogen) atoms. The molecule has 0 spiro atoms. The number of sulfonamides is 1. The minimum absolute atomic E-state index is 0.00599. The molecule has 0 saturated heterocycles. The van der Waals surface area contributed by atoms with Crippen molar-refractivity contribution >= 4 is 16.1 Å². The topological polar surface area (TPSA) is 132 Å². The first-order chi connectivity index (χ1) is 15.2. The second-order valence-corrected chi connectivity index (χ2v) is 11.0. The summed E-state index contributed by atoms with van der Waals surface area (Å²) in [7, 11) is -4.23. The van der Waals surface area contributed by atoms with Crippen LogP contribution in [-0.2, 0) is 16.4 Å². The third kappa shape index (κ3) is 3.20. The number of aryl methyl sites for hydroxylation is 1. The van der Waals surface area contributed by atoms with E-state index in [1.807, 2.05) is 6.92 Å². The van der Waals surface area contributed by atoms with Gasteiger partial charge in [0.2, 0.25) is 5.09 Å². The van der Waals surface area contributed by atoms with Crippen molar-refractivity contribution in [1.29, 1.82) is 5.26 Å². The number of allylic oxidation sites excluding steroid dienone is 2. The highest BCUT2D eigenvalue weighted by molar-refractivity contribution is 7.89. The zero-order chi connectivity index (χ0) is 22.7. The molecule has 1 aromatic heterocycles. The summed E-state index contributed by atoms with van der Waals surface area (Å²) in [5.74, 6) is 0.447. The van der Waals surface area contributed by atoms with Gasteiger partial charge in [0.05, 0.1) is 23.3 Å². The number of hydrogen-bond donors (Lipinski definition) is 3. The second kappa shape index (κ2) is 7.49. The molecule has 5 rings (SSSR count). The van der Waals surface area contributed by atoms with E-state index in [4.69, 9.17) is 4.42 Å². The van der Waals surface area contributed by atoms with Crippen molar-refractivity contribution in [3.63, 3.8) is 0 Å². The van der Waals surface area contributed by atoms with E-state index in [9.17, 15) is 23.6 Å². The number of nitrogens with zero attached hydrogens (tertiary/aromatic N) is 1. The molecule has 1 aromatic rings. The van der Waals surface area contributed by atoms with Gasteiger partial charge < -0.3 is 14.8 Å². The Hall–Kier alpha value is -2.57. The molecular weight excluding hydrogens is 430 g/mol. The predicted molar refractivity (Wildman–Crippen MR) is 115 cm³/mol. The first kappa shape index (κ1) is 21.3. The Kier molecular flexibility index (Phi) is 4.98. The van der Waals surface area contributed by atoms with E-state index in [1.54, 1.807) is 0 Å². The summed E-state index contributed by atoms with van der Waals surface area (Å²) < 4.78 is 33.3. The molecule has 1 fully saturated rings. The van der Waals surface area contributed by atoms with Crippen molar-refractivity contribution in [1.82, 2.24) is 10.0 Å². The lowest BCUT2D eigenvalue weighted by Gasteiger charge is -2.42. The average Bonchev–Trinajstić information content (AvgIpc) is 3.48. The van der Waals surface area contributed by atoms with Crippen LogP contribution in [0.1, 0.15) is 75.7 Å². The highest BCUT2D eigenvalue weighted by Gasteiger charge is 2.49. The number of hydrogen-bond acceptors (Lipinski definition) is 6. The Balaban J connectivity index is 1.40. The lowest BCUT2D eigenvalue weighted by Crippen LogP contribution is -2.57. The highest BCUT2D eigenvalue weighted by atomic mass is 32.2. The summed E-state index contributed by atoms with van der Waals surface area (Å²) in [6.07, 6.45) is 6.23. The minimum atomic E-state index is -4.23. The van der Waals surface area contributed by atoms with Crippen LogP contribution in [0.25, 0.3) is 0 Å². The lowest BCUT2D eigenvalue weighted by molar-refractivity contribution is 0.152. The van der Waals surface area contributed by atoms with Gasteiger partial charge in [-0.2, -0.15) is 13.7 Å². The molecule has 3 unspecified atom stereocenters. The number of carbonyl (C=O) groups is 1. The van der Waals surface area contributed by atoms with Crippen LogP contribution in [-0.4, -0.2) is 25.1 Å². The second-order valence-electron chi connectivity index (χ2n) is 9.38. The summed E-state index contributed by atoms with van der Waals surface area (Å²) in [5.41, 5.74) is 3.70. The first-order valence-corrected chi connectivity index (χ1v) is 12.7. The summed E-state index contributed by atoms with van der Waals surface area (Å²) in [5, 5.41) is 22.5. The summed E-state index contributed by atoms with van der Waals surface area (Å²) in [4.78, 5) is 12.9. The van der Waals surface area contributed by atoms with E-state index < -0.39 is 27.7 Å². The molecule has 0 bridgehead atoms. The number of carbonyl (C=O) groups excluding carboxylic acids is 1. The van der Waals surface area contributed by atoms with Crippen LogP contribution in [0.2, 0.25) is 0 Å². The van der Waals surface area contributed by atoms with E-state index in [0.717, 1.165) is 60.8 Å². The fraction of sp³-hybridized carbons (Fsp3) is 0.565. The Bertz CT molecular complexity index is 1200. The maximum atomic E-state index is 12.9. The number of amides is 2. The largest absolute Gasteiger partial charge is 0.447 e. The highest BCUT2D eigenvalue weighted by Crippen LogP contribution is 2.53. The third-order valence-corrected chi connectivity index (χ3v) is 8.75. The number of nitriles is 1. The number of furan rings is 1. The molecule has 3 atom stereocenters. The summed E-state index contributed by atoms with van der Waals surface area (Å²) in [6, 6.07) is 2.89. The molecule has 4 aliphatic rings. The van der Waals surface area contributed by atoms with Crippen molar-refractivity contribution in [2.75, 3.05) is 0 Å². The van der Waals surface area contributed by atoms with E-state index in [0.29, 0.717) is 30.6 Å². The van der Waals surface area contributed by atoms with Crippen molar-refractivity contribution < 1.29 is 22.7 Å². The normalized spacial score (nSPS) is 29.3. The standard InChI is InChI=1S/C23H27N3O5S/c1-23(17-7-2-5-13(17)16(12-24)14-6-3-8-18(14)23)25-22(28)26-32(29,30)21-11-15-19(27)9-4-10-20(15)31-21/h11,17,19,27H,2-10H2,1H3,(H2,25,26,28). The van der Waals surface area contributed by atoms with Crippen LogP contribution >= 0.6 is 0 Å². The zero-order valence-electron chi connectivity index (χ0n) is 18.0. The van der Waals surface area contributed by atoms with Gasteiger partial charge >= 0.3 is 6.03 Å². The minimum Gasteiger partial charge on any atom is -0.447 e. The van der Waals surface area contributed by atoms with Crippen molar-refractivity contribution in [3.8, 4) is 6.07 Å². The maximum absolute atomic E-state index is 12.9. The van der Waals surface area contributed by atoms with Crippen LogP contribution < -0.4 is 10.0 Å². The van der Waals surface area contributed by atoms with Crippen LogP contribution in [0.4, 0.5) is 4.79 Å². The molecule has 0 aliphatic heterocycles. The number of fused-ring (bicyclic) bond motifs is 2. The van der Waals surface area contributed by atoms with E-state index >= 15 is 0 Å². The Morgan fingerprint density at radius 1 is 1.22 bits per heavy atom. The maximum Gasteiger partial charge on any atom is 0.329 e. The fourth-order valence-corrected chi connectivity index (χ4v) is 7.04. The smallest absolute Gasteiger partial charge is 0.329 e. The number of urea groups is 1. The van der Waals surface area contributed by atoms with Gasteiger partial charge in [-0.3, -0.25) is 0 Å². The molecule has 2 amide bonds. The molecule has 170 valence electrons. The van der Waals surface area contributed by atoms with Gasteiger partial charge in [-0.25, -0.2) is 9.52 Å². The van der Waals surface area contributed by atoms with Gasteiger partial charge in [-0.05, 0) is 75.0 Å². The lowest BCUT2D eigenvalue weighted by atomic mass is 9.69. The fourth-order valence-electron chi connectivity index (χ4n) is 6.15. The van der Waals surface area contributed by atoms with Crippen LogP contribution in [0, 0.1) is 17.2 Å². The van der Waals surface area contributed by atoms with Crippen LogP contribution in [0.5, 0.6) is 0 Å². The predicted octanol–water partition coefficient (Wildman–Crippen LogP) is 3.51. The SMILES string of the molecule is CC1(NC(=O)NS(=O)(=O)c2cc3c(o2)CCCC3O)C2=C(CCC2)C(C#N)=C2CCCC21. The van der Waals surface area contributed by atoms with Gasteiger partial charge in [0, 0.05) is 24.0 Å². The molecule has 1 saturated carbocycles. The number of nitrogens with one attached hydrogen (secondary N) is 2. The van der Waals surface area contributed by atoms with E-state index in [-0.39, 0.29) is 11.0 Å². The van der Waals surface area contributed by atoms with Crippen LogP contribution in [0.15, 0.2) is 37.9 Å². The van der Waals surface area contributed by atoms with Gasteiger partial charge in [0.15, 0.2) is 0 Å². The van der Waals surface area contributed by atoms with Gasteiger partial charge in [-0.15, -0.1) is 0 Å². The monoisotopic (exact) mass is 457 g/mol. The summed E-state index contributed by atoms with van der Waals surface area (Å²) in [6.45, 7) is 1.95. The first-order valence-electron chi connectivity index (χ1n) is 11.3. The third-order valence-electron chi connectivity index (χ3n) is 7.56. The Morgan fingerprint density at radius 2 is 2.00 bits per heavy atom. The van der Waals surface area contributed by atoms with Crippen molar-refractivity contribution in [2.24, 2.45) is 5.92 Å². The average molecular weight is 458 g/mol. The van der Waals surface area contributed by atoms with Gasteiger partial charge in [-0.1, -0.05) is 0 Å². The molecule has 3 N–H and O–H groups in total. The van der Waals surface area contributed by atoms with Crippen molar-refractivity contribution in [2.45, 2.75) is 81.4 Å². The summed E-state index contributed by atoms with van der Waals surface area (Å²) >= 11 is 0. The number of rotatable bonds is 3. The zero-order valence-corrected chi connectivity index (χ0v) is 18.8. The molecule has 0 aromatic carbocycles. The van der Waals surface area contributed by atoms with Crippen LogP contribution in [0.3, 0.4) is 0 Å². The van der Waals surface area contributed by atoms with E-state index in [1.165, 1.54) is 6.07 Å². The van der Waals surface area contributed by atoms with Gasteiger partial charge in [0.1, 0.15) is 5.76 Å². The molecule has 9 heteroatoms. The molecule has 4 aliphatic carbocycles. The van der Waals surface area contributed by atoms with Gasteiger partial charge in [0.25, 0.3) is 10.0 Å². The molecule has 0 radical (unpaired) electrons. The molecular formula is C23H27N3O5S. The van der Waals surface area contributed by atoms with E-state index in [2.05, 4.69) is 16.1 Å². The Labute approximate surface area is 187 Å². The Morgan fingerprint density at radius 3 is 2.75 bits per heavy atom. The quantitative estimate of drug-likeness (QED) is 0.636. The molecule has 8 nitrogen and oxygen atoms in total. The molecule has 1 heterocycles.